The number of rotatable bonds is 3. The number of benzene rings is 1. The summed E-state index contributed by atoms with van der Waals surface area (Å²) in [5.41, 5.74) is 1.31. The number of carboxylic acid groups (broad SMARTS) is 1. The molecule has 2 rings (SSSR count). The van der Waals surface area contributed by atoms with E-state index < -0.39 is 6.16 Å². The van der Waals surface area contributed by atoms with Crippen molar-refractivity contribution in [1.82, 2.24) is 4.98 Å². The van der Waals surface area contributed by atoms with E-state index in [-0.39, 0.29) is 11.3 Å². The van der Waals surface area contributed by atoms with Crippen molar-refractivity contribution in [3.05, 3.63) is 40.1 Å². The van der Waals surface area contributed by atoms with Crippen molar-refractivity contribution in [1.29, 1.82) is 0 Å². The van der Waals surface area contributed by atoms with Crippen LogP contribution in [0.2, 0.25) is 0 Å². The van der Waals surface area contributed by atoms with Gasteiger partial charge in [-0.15, -0.1) is 0 Å². The first-order valence-corrected chi connectivity index (χ1v) is 5.67. The Bertz CT molecular complexity index is 645. The number of fused-ring (bicyclic) bond motifs is 1. The zero-order valence-electron chi connectivity index (χ0n) is 9.90. The molecular formula is C13H13NO4. The molecule has 18 heavy (non-hydrogen) atoms. The number of aromatic amines is 1. The van der Waals surface area contributed by atoms with Gasteiger partial charge in [-0.2, -0.15) is 0 Å². The molecular weight excluding hydrogens is 234 g/mol. The lowest BCUT2D eigenvalue weighted by Crippen LogP contribution is -2.10. The van der Waals surface area contributed by atoms with E-state index in [9.17, 15) is 9.59 Å². The zero-order chi connectivity index (χ0) is 13.1. The zero-order valence-corrected chi connectivity index (χ0v) is 9.90. The van der Waals surface area contributed by atoms with E-state index in [1.165, 1.54) is 0 Å². The minimum absolute atomic E-state index is 0.0614. The molecule has 2 N–H and O–H groups in total. The summed E-state index contributed by atoms with van der Waals surface area (Å²) in [5.74, 6) is -0.0614. The van der Waals surface area contributed by atoms with E-state index in [1.54, 1.807) is 6.07 Å². The number of pyridine rings is 1. The first-order chi connectivity index (χ1) is 8.61. The highest BCUT2D eigenvalue weighted by molar-refractivity contribution is 5.82. The Labute approximate surface area is 103 Å². The molecule has 5 nitrogen and oxygen atoms in total. The summed E-state index contributed by atoms with van der Waals surface area (Å²) in [5, 5.41) is 9.12. The summed E-state index contributed by atoms with van der Waals surface area (Å²) in [4.78, 5) is 25.2. The maximum absolute atomic E-state index is 12.0. The van der Waals surface area contributed by atoms with Crippen molar-refractivity contribution in [2.75, 3.05) is 0 Å². The minimum atomic E-state index is -1.45. The molecule has 0 aliphatic heterocycles. The van der Waals surface area contributed by atoms with Gasteiger partial charge in [0.2, 0.25) is 5.88 Å². The summed E-state index contributed by atoms with van der Waals surface area (Å²) < 4.78 is 4.46. The minimum Gasteiger partial charge on any atom is -0.449 e. The fourth-order valence-electron chi connectivity index (χ4n) is 1.98. The van der Waals surface area contributed by atoms with Gasteiger partial charge in [-0.3, -0.25) is 4.79 Å². The fourth-order valence-corrected chi connectivity index (χ4v) is 1.98. The van der Waals surface area contributed by atoms with Gasteiger partial charge >= 0.3 is 6.16 Å². The van der Waals surface area contributed by atoms with Crippen LogP contribution in [0.5, 0.6) is 5.88 Å². The van der Waals surface area contributed by atoms with Gasteiger partial charge in [0, 0.05) is 11.5 Å². The molecule has 0 saturated heterocycles. The molecule has 1 aromatic heterocycles. The molecule has 0 amide bonds. The Balaban J connectivity index is 2.61. The van der Waals surface area contributed by atoms with Crippen LogP contribution in [0.25, 0.3) is 10.9 Å². The second-order valence-corrected chi connectivity index (χ2v) is 3.96. The second-order valence-electron chi connectivity index (χ2n) is 3.96. The van der Waals surface area contributed by atoms with Crippen LogP contribution in [-0.4, -0.2) is 16.2 Å². The fraction of sp³-hybridized carbons (Fsp3) is 0.231. The van der Waals surface area contributed by atoms with Crippen LogP contribution in [0.3, 0.4) is 0 Å². The second kappa shape index (κ2) is 4.91. The third kappa shape index (κ3) is 2.34. The maximum Gasteiger partial charge on any atom is 0.512 e. The van der Waals surface area contributed by atoms with Crippen LogP contribution in [0.4, 0.5) is 4.79 Å². The molecule has 0 atom stereocenters. The quantitative estimate of drug-likeness (QED) is 0.817. The largest absolute Gasteiger partial charge is 0.512 e. The molecule has 1 aromatic carbocycles. The number of hydrogen-bond donors (Lipinski definition) is 2. The predicted octanol–water partition coefficient (Wildman–Crippen LogP) is 2.54. The standard InChI is InChI=1S/C13H13NO4/c1-2-4-8-5-3-6-9-12(8)10(15)7-11(14-9)18-13(16)17/h3,5-7H,2,4H2,1H3,(H,14,15)(H,16,17). The number of aryl methyl sites for hydroxylation is 1. The molecule has 0 radical (unpaired) electrons. The van der Waals surface area contributed by atoms with Crippen molar-refractivity contribution >= 4 is 17.1 Å². The summed E-state index contributed by atoms with van der Waals surface area (Å²) in [6.07, 6.45) is 0.292. The first-order valence-electron chi connectivity index (χ1n) is 5.67. The van der Waals surface area contributed by atoms with Gasteiger partial charge in [-0.05, 0) is 18.1 Å². The third-order valence-corrected chi connectivity index (χ3v) is 2.63. The molecule has 0 spiro atoms. The average molecular weight is 247 g/mol. The number of H-pyrrole nitrogens is 1. The van der Waals surface area contributed by atoms with Crippen LogP contribution in [0, 0.1) is 0 Å². The lowest BCUT2D eigenvalue weighted by Gasteiger charge is -2.06. The normalized spacial score (nSPS) is 10.5. The van der Waals surface area contributed by atoms with Gasteiger partial charge in [0.15, 0.2) is 5.43 Å². The Kier molecular flexibility index (Phi) is 3.32. The Hall–Kier alpha value is -2.30. The van der Waals surface area contributed by atoms with Gasteiger partial charge in [0.1, 0.15) is 0 Å². The van der Waals surface area contributed by atoms with Crippen molar-refractivity contribution in [2.24, 2.45) is 0 Å². The highest BCUT2D eigenvalue weighted by Crippen LogP contribution is 2.17. The molecule has 0 aliphatic carbocycles. The molecule has 0 saturated carbocycles. The molecule has 2 aromatic rings. The van der Waals surface area contributed by atoms with Gasteiger partial charge in [0.25, 0.3) is 0 Å². The SMILES string of the molecule is CCCc1cccc2[nH]c(OC(=O)O)cc(=O)c12. The van der Waals surface area contributed by atoms with Crippen LogP contribution in [0.1, 0.15) is 18.9 Å². The number of nitrogens with one attached hydrogen (secondary N) is 1. The Morgan fingerprint density at radius 2 is 2.22 bits per heavy atom. The van der Waals surface area contributed by atoms with E-state index >= 15 is 0 Å². The number of aromatic nitrogens is 1. The van der Waals surface area contributed by atoms with Gasteiger partial charge < -0.3 is 14.8 Å². The molecule has 0 fully saturated rings. The highest BCUT2D eigenvalue weighted by Gasteiger charge is 2.09. The van der Waals surface area contributed by atoms with Gasteiger partial charge in [0.05, 0.1) is 5.52 Å². The van der Waals surface area contributed by atoms with E-state index in [1.807, 2.05) is 19.1 Å². The average Bonchev–Trinajstić information content (AvgIpc) is 2.28. The highest BCUT2D eigenvalue weighted by atomic mass is 16.7. The monoisotopic (exact) mass is 247 g/mol. The van der Waals surface area contributed by atoms with Crippen molar-refractivity contribution in [3.63, 3.8) is 0 Å². The van der Waals surface area contributed by atoms with Crippen molar-refractivity contribution in [3.8, 4) is 5.88 Å². The molecule has 94 valence electrons. The topological polar surface area (TPSA) is 79.4 Å². The van der Waals surface area contributed by atoms with Crippen molar-refractivity contribution in [2.45, 2.75) is 19.8 Å². The van der Waals surface area contributed by atoms with Gasteiger partial charge in [-0.25, -0.2) is 4.79 Å². The predicted molar refractivity (Wildman–Crippen MR) is 67.2 cm³/mol. The summed E-state index contributed by atoms with van der Waals surface area (Å²) in [7, 11) is 0. The number of hydrogen-bond acceptors (Lipinski definition) is 3. The van der Waals surface area contributed by atoms with E-state index in [2.05, 4.69) is 9.72 Å². The summed E-state index contributed by atoms with van der Waals surface area (Å²) in [6.45, 7) is 2.04. The Morgan fingerprint density at radius 1 is 1.44 bits per heavy atom. The van der Waals surface area contributed by atoms with Crippen LogP contribution in [-0.2, 0) is 6.42 Å². The van der Waals surface area contributed by atoms with E-state index in [0.29, 0.717) is 10.9 Å². The molecule has 5 heteroatoms. The Morgan fingerprint density at radius 3 is 2.89 bits per heavy atom. The number of carbonyl (C=O) groups is 1. The van der Waals surface area contributed by atoms with E-state index in [0.717, 1.165) is 24.5 Å². The first kappa shape index (κ1) is 12.2. The number of ether oxygens (including phenoxy) is 1. The lowest BCUT2D eigenvalue weighted by molar-refractivity contribution is 0.142. The summed E-state index contributed by atoms with van der Waals surface area (Å²) in [6, 6.07) is 6.62. The lowest BCUT2D eigenvalue weighted by atomic mass is 10.0. The molecule has 1 heterocycles. The molecule has 0 unspecified atom stereocenters. The van der Waals surface area contributed by atoms with Crippen LogP contribution >= 0.6 is 0 Å². The maximum atomic E-state index is 12.0. The third-order valence-electron chi connectivity index (χ3n) is 2.63. The van der Waals surface area contributed by atoms with Gasteiger partial charge in [-0.1, -0.05) is 25.5 Å². The van der Waals surface area contributed by atoms with Crippen LogP contribution in [0.15, 0.2) is 29.1 Å². The molecule has 0 aliphatic rings. The summed E-state index contributed by atoms with van der Waals surface area (Å²) >= 11 is 0. The molecule has 0 bridgehead atoms. The van der Waals surface area contributed by atoms with E-state index in [4.69, 9.17) is 5.11 Å². The smallest absolute Gasteiger partial charge is 0.449 e. The van der Waals surface area contributed by atoms with Crippen LogP contribution < -0.4 is 10.2 Å². The van der Waals surface area contributed by atoms with Crippen molar-refractivity contribution < 1.29 is 14.6 Å².